The van der Waals surface area contributed by atoms with Gasteiger partial charge in [0.25, 0.3) is 5.91 Å². The van der Waals surface area contributed by atoms with E-state index in [4.69, 9.17) is 9.47 Å². The van der Waals surface area contributed by atoms with E-state index in [1.165, 1.54) is 0 Å². The number of anilines is 1. The Morgan fingerprint density at radius 2 is 1.79 bits per heavy atom. The minimum atomic E-state index is -0.535. The highest BCUT2D eigenvalue weighted by Gasteiger charge is 2.39. The van der Waals surface area contributed by atoms with Gasteiger partial charge in [-0.25, -0.2) is 0 Å². The molecule has 1 aliphatic heterocycles. The molecule has 0 saturated carbocycles. The zero-order chi connectivity index (χ0) is 23.7. The van der Waals surface area contributed by atoms with Gasteiger partial charge in [0.1, 0.15) is 0 Å². The number of rotatable bonds is 5. The molecule has 1 aliphatic carbocycles. The first-order chi connectivity index (χ1) is 15.8. The number of benzene rings is 2. The summed E-state index contributed by atoms with van der Waals surface area (Å²) in [5.74, 6) is 0.385. The summed E-state index contributed by atoms with van der Waals surface area (Å²) in [6, 6.07) is 11.3. The lowest BCUT2D eigenvalue weighted by molar-refractivity contribution is -0.116. The number of para-hydroxylation sites is 1. The van der Waals surface area contributed by atoms with Crippen molar-refractivity contribution >= 4 is 33.3 Å². The molecule has 0 spiro atoms. The van der Waals surface area contributed by atoms with Gasteiger partial charge in [0.05, 0.1) is 14.2 Å². The first kappa shape index (κ1) is 23.1. The van der Waals surface area contributed by atoms with E-state index in [2.05, 4.69) is 26.6 Å². The molecular formula is C26H27BrN2O4. The van der Waals surface area contributed by atoms with Gasteiger partial charge in [-0.1, -0.05) is 34.1 Å². The van der Waals surface area contributed by atoms with Crippen molar-refractivity contribution in [2.24, 2.45) is 0 Å². The van der Waals surface area contributed by atoms with Gasteiger partial charge in [-0.15, -0.1) is 0 Å². The van der Waals surface area contributed by atoms with Crippen LogP contribution in [-0.4, -0.2) is 25.9 Å². The maximum atomic E-state index is 13.7. The van der Waals surface area contributed by atoms with Crippen LogP contribution in [0, 0.1) is 6.92 Å². The third-order valence-electron chi connectivity index (χ3n) is 6.23. The maximum Gasteiger partial charge on any atom is 0.254 e. The molecule has 0 saturated heterocycles. The van der Waals surface area contributed by atoms with E-state index in [1.807, 2.05) is 50.2 Å². The third-order valence-corrected chi connectivity index (χ3v) is 6.91. The Hall–Kier alpha value is -3.06. The molecule has 2 aromatic carbocycles. The summed E-state index contributed by atoms with van der Waals surface area (Å²) in [4.78, 5) is 26.8. The van der Waals surface area contributed by atoms with E-state index in [0.29, 0.717) is 29.1 Å². The molecule has 2 aromatic rings. The number of carbonyl (C=O) groups is 2. The van der Waals surface area contributed by atoms with Crippen LogP contribution < -0.4 is 20.1 Å². The van der Waals surface area contributed by atoms with E-state index in [1.54, 1.807) is 14.2 Å². The van der Waals surface area contributed by atoms with Crippen molar-refractivity contribution in [1.82, 2.24) is 5.32 Å². The first-order valence-electron chi connectivity index (χ1n) is 10.9. The average molecular weight is 511 g/mol. The largest absolute Gasteiger partial charge is 0.493 e. The number of allylic oxidation sites excluding steroid dienone is 3. The van der Waals surface area contributed by atoms with Gasteiger partial charge in [0.15, 0.2) is 17.3 Å². The Morgan fingerprint density at radius 3 is 2.48 bits per heavy atom. The molecule has 4 rings (SSSR count). The monoisotopic (exact) mass is 510 g/mol. The lowest BCUT2D eigenvalue weighted by atomic mass is 9.75. The SMILES string of the molecule is COc1cc(Br)c(C2C(C(=O)Nc3ccccc3C)=C(C)NC3=C2C(=O)CCC3)cc1OC. The molecular weight excluding hydrogens is 484 g/mol. The van der Waals surface area contributed by atoms with E-state index in [9.17, 15) is 9.59 Å². The second-order valence-corrected chi connectivity index (χ2v) is 9.12. The van der Waals surface area contributed by atoms with Gasteiger partial charge < -0.3 is 20.1 Å². The molecule has 0 radical (unpaired) electrons. The normalized spacial score (nSPS) is 18.0. The minimum Gasteiger partial charge on any atom is -0.493 e. The van der Waals surface area contributed by atoms with Crippen LogP contribution in [0.3, 0.4) is 0 Å². The van der Waals surface area contributed by atoms with Crippen molar-refractivity contribution in [2.75, 3.05) is 19.5 Å². The summed E-state index contributed by atoms with van der Waals surface area (Å²) in [5.41, 5.74) is 5.28. The highest BCUT2D eigenvalue weighted by atomic mass is 79.9. The zero-order valence-corrected chi connectivity index (χ0v) is 20.8. The second-order valence-electron chi connectivity index (χ2n) is 8.26. The van der Waals surface area contributed by atoms with Crippen molar-refractivity contribution in [2.45, 2.75) is 39.0 Å². The summed E-state index contributed by atoms with van der Waals surface area (Å²) in [7, 11) is 3.15. The predicted molar refractivity (Wildman–Crippen MR) is 132 cm³/mol. The van der Waals surface area contributed by atoms with Crippen LogP contribution in [0.25, 0.3) is 0 Å². The van der Waals surface area contributed by atoms with E-state index in [0.717, 1.165) is 45.5 Å². The summed E-state index contributed by atoms with van der Waals surface area (Å²) >= 11 is 3.65. The van der Waals surface area contributed by atoms with Crippen LogP contribution in [0.1, 0.15) is 43.2 Å². The number of carbonyl (C=O) groups excluding carboxylic acids is 2. The van der Waals surface area contributed by atoms with Crippen molar-refractivity contribution in [3.63, 3.8) is 0 Å². The Labute approximate surface area is 202 Å². The van der Waals surface area contributed by atoms with Gasteiger partial charge in [0.2, 0.25) is 0 Å². The van der Waals surface area contributed by atoms with Crippen LogP contribution in [0.2, 0.25) is 0 Å². The van der Waals surface area contributed by atoms with Gasteiger partial charge in [-0.05, 0) is 56.0 Å². The second kappa shape index (κ2) is 9.43. The minimum absolute atomic E-state index is 0.0594. The standard InChI is InChI=1S/C26H27BrN2O4/c1-14-8-5-6-9-18(14)29-26(31)23-15(2)28-19-10-7-11-20(30)25(19)24(23)16-12-21(32-3)22(33-4)13-17(16)27/h5-6,8-9,12-13,24,28H,7,10-11H2,1-4H3,(H,29,31). The van der Waals surface area contributed by atoms with Gasteiger partial charge in [-0.3, -0.25) is 9.59 Å². The third kappa shape index (κ3) is 4.29. The molecule has 2 aliphatic rings. The molecule has 6 nitrogen and oxygen atoms in total. The average Bonchev–Trinajstić information content (AvgIpc) is 2.79. The van der Waals surface area contributed by atoms with Crippen molar-refractivity contribution < 1.29 is 19.1 Å². The number of ketones is 1. The number of hydrogen-bond acceptors (Lipinski definition) is 5. The fourth-order valence-electron chi connectivity index (χ4n) is 4.59. The Kier molecular flexibility index (Phi) is 6.61. The van der Waals surface area contributed by atoms with Crippen LogP contribution in [0.5, 0.6) is 11.5 Å². The van der Waals surface area contributed by atoms with Gasteiger partial charge >= 0.3 is 0 Å². The first-order valence-corrected chi connectivity index (χ1v) is 11.7. The van der Waals surface area contributed by atoms with Crippen LogP contribution in [0.15, 0.2) is 63.4 Å². The fraction of sp³-hybridized carbons (Fsp3) is 0.308. The highest BCUT2D eigenvalue weighted by Crippen LogP contribution is 2.47. The summed E-state index contributed by atoms with van der Waals surface area (Å²) < 4.78 is 11.7. The molecule has 33 heavy (non-hydrogen) atoms. The molecule has 0 aromatic heterocycles. The van der Waals surface area contributed by atoms with Crippen LogP contribution in [-0.2, 0) is 9.59 Å². The Morgan fingerprint density at radius 1 is 1.09 bits per heavy atom. The predicted octanol–water partition coefficient (Wildman–Crippen LogP) is 5.38. The molecule has 1 atom stereocenters. The van der Waals surface area contributed by atoms with Crippen molar-refractivity contribution in [1.29, 1.82) is 0 Å². The number of amides is 1. The molecule has 7 heteroatoms. The molecule has 2 N–H and O–H groups in total. The van der Waals surface area contributed by atoms with Crippen molar-refractivity contribution in [3.05, 3.63) is 74.5 Å². The molecule has 1 unspecified atom stereocenters. The quantitative estimate of drug-likeness (QED) is 0.564. The maximum absolute atomic E-state index is 13.7. The number of halogens is 1. The van der Waals surface area contributed by atoms with E-state index >= 15 is 0 Å². The van der Waals surface area contributed by atoms with Gasteiger partial charge in [-0.2, -0.15) is 0 Å². The van der Waals surface area contributed by atoms with Crippen LogP contribution >= 0.6 is 15.9 Å². The van der Waals surface area contributed by atoms with E-state index in [-0.39, 0.29) is 11.7 Å². The number of hydrogen-bond donors (Lipinski definition) is 2. The molecule has 172 valence electrons. The number of aryl methyl sites for hydroxylation is 1. The van der Waals surface area contributed by atoms with Crippen LogP contribution in [0.4, 0.5) is 5.69 Å². The molecule has 1 heterocycles. The summed E-state index contributed by atoms with van der Waals surface area (Å²) in [6.07, 6.45) is 2.03. The lowest BCUT2D eigenvalue weighted by Gasteiger charge is -2.35. The number of ether oxygens (including phenoxy) is 2. The summed E-state index contributed by atoms with van der Waals surface area (Å²) in [6.45, 7) is 3.83. The van der Waals surface area contributed by atoms with Gasteiger partial charge in [0, 0.05) is 45.0 Å². The number of Topliss-reactive ketones (excluding diaryl/α,β-unsaturated/α-hetero) is 1. The fourth-order valence-corrected chi connectivity index (χ4v) is 5.14. The highest BCUT2D eigenvalue weighted by molar-refractivity contribution is 9.10. The number of nitrogens with one attached hydrogen (secondary N) is 2. The Bertz CT molecular complexity index is 1200. The molecule has 0 fully saturated rings. The smallest absolute Gasteiger partial charge is 0.254 e. The zero-order valence-electron chi connectivity index (χ0n) is 19.2. The topological polar surface area (TPSA) is 76.7 Å². The summed E-state index contributed by atoms with van der Waals surface area (Å²) in [5, 5.41) is 6.41. The van der Waals surface area contributed by atoms with Crippen molar-refractivity contribution in [3.8, 4) is 11.5 Å². The van der Waals surface area contributed by atoms with E-state index < -0.39 is 5.92 Å². The number of dihydropyridines is 1. The Balaban J connectivity index is 1.87. The molecule has 0 bridgehead atoms. The number of methoxy groups -OCH3 is 2. The molecule has 1 amide bonds. The lowest BCUT2D eigenvalue weighted by Crippen LogP contribution is -2.35.